The third kappa shape index (κ3) is 5.65. The largest absolute Gasteiger partial charge is 0.394 e. The summed E-state index contributed by atoms with van der Waals surface area (Å²) in [6, 6.07) is 3.78. The lowest BCUT2D eigenvalue weighted by molar-refractivity contribution is 0.381. The van der Waals surface area contributed by atoms with Gasteiger partial charge in [0.25, 0.3) is 0 Å². The van der Waals surface area contributed by atoms with Gasteiger partial charge in [-0.15, -0.1) is 11.3 Å². The van der Waals surface area contributed by atoms with E-state index in [1.54, 1.807) is 6.20 Å². The molecule has 0 aromatic carbocycles. The first-order chi connectivity index (χ1) is 7.75. The van der Waals surface area contributed by atoms with Gasteiger partial charge in [0.15, 0.2) is 5.95 Å². The first-order valence-electron chi connectivity index (χ1n) is 4.02. The van der Waals surface area contributed by atoms with E-state index in [1.165, 1.54) is 11.3 Å². The Morgan fingerprint density at radius 2 is 2.00 bits per heavy atom. The predicted octanol–water partition coefficient (Wildman–Crippen LogP) is 1.72. The molecule has 2 rings (SSSR count). The Bertz CT molecular complexity index is 546. The van der Waals surface area contributed by atoms with E-state index in [-0.39, 0.29) is 0 Å². The highest BCUT2D eigenvalue weighted by Gasteiger charge is 2.03. The molecule has 0 saturated carbocycles. The number of nitrogens with two attached hydrogens (primary N) is 1. The molecule has 10 heteroatoms. The fourth-order valence-electron chi connectivity index (χ4n) is 0.921. The smallest absolute Gasteiger partial charge is 0.369 e. The van der Waals surface area contributed by atoms with E-state index < -0.39 is 10.4 Å². The maximum absolute atomic E-state index is 8.74. The van der Waals surface area contributed by atoms with E-state index >= 15 is 0 Å². The number of aromatic amines is 1. The molecule has 0 fully saturated rings. The van der Waals surface area contributed by atoms with Crippen LogP contribution in [0.4, 0.5) is 5.95 Å². The lowest BCUT2D eigenvalue weighted by Gasteiger charge is -1.87. The second kappa shape index (κ2) is 5.47. The lowest BCUT2D eigenvalue weighted by atomic mass is 10.4. The molecule has 0 amide bonds. The average Bonchev–Trinajstić information content (AvgIpc) is 2.71. The molecule has 0 saturated heterocycles. The van der Waals surface area contributed by atoms with Gasteiger partial charge in [0.05, 0.1) is 21.1 Å². The Morgan fingerprint density at radius 3 is 2.35 bits per heavy atom. The minimum atomic E-state index is -4.67. The number of nitrogens with one attached hydrogen (secondary N) is 1. The van der Waals surface area contributed by atoms with Crippen molar-refractivity contribution < 1.29 is 17.5 Å². The average molecular weight is 298 g/mol. The van der Waals surface area contributed by atoms with Gasteiger partial charge >= 0.3 is 10.4 Å². The van der Waals surface area contributed by atoms with Crippen molar-refractivity contribution in [2.75, 3.05) is 5.73 Å². The Labute approximate surface area is 106 Å². The molecule has 2 aromatic heterocycles. The Kier molecular flexibility index (Phi) is 4.48. The summed E-state index contributed by atoms with van der Waals surface area (Å²) >= 11 is 7.26. The molecule has 0 unspecified atom stereocenters. The number of thiophene rings is 1. The van der Waals surface area contributed by atoms with Crippen molar-refractivity contribution in [1.82, 2.24) is 9.97 Å². The number of halogens is 1. The van der Waals surface area contributed by atoms with Crippen LogP contribution < -0.4 is 5.73 Å². The monoisotopic (exact) mass is 297 g/mol. The zero-order chi connectivity index (χ0) is 13.1. The molecular weight excluding hydrogens is 290 g/mol. The van der Waals surface area contributed by atoms with E-state index in [0.29, 0.717) is 5.95 Å². The fourth-order valence-corrected chi connectivity index (χ4v) is 1.93. The number of H-pyrrole nitrogens is 1. The summed E-state index contributed by atoms with van der Waals surface area (Å²) in [6.07, 6.45) is 1.69. The molecule has 0 bridgehead atoms. The van der Waals surface area contributed by atoms with Gasteiger partial charge in [0, 0.05) is 0 Å². The Morgan fingerprint density at radius 1 is 1.41 bits per heavy atom. The molecule has 5 N–H and O–H groups in total. The van der Waals surface area contributed by atoms with E-state index in [2.05, 4.69) is 9.97 Å². The predicted molar refractivity (Wildman–Crippen MR) is 65.5 cm³/mol. The lowest BCUT2D eigenvalue weighted by Crippen LogP contribution is -1.89. The van der Waals surface area contributed by atoms with E-state index in [9.17, 15) is 0 Å². The number of anilines is 1. The van der Waals surface area contributed by atoms with Crippen molar-refractivity contribution in [3.05, 3.63) is 22.7 Å². The van der Waals surface area contributed by atoms with Crippen LogP contribution in [0.5, 0.6) is 0 Å². The van der Waals surface area contributed by atoms with Crippen molar-refractivity contribution in [2.24, 2.45) is 0 Å². The molecule has 0 aliphatic carbocycles. The SMILES string of the molecule is Nc1ncc(-c2ccc(Cl)s2)[nH]1.O=S(=O)(O)O. The highest BCUT2D eigenvalue weighted by molar-refractivity contribution is 7.79. The molecule has 2 heterocycles. The van der Waals surface area contributed by atoms with Gasteiger partial charge in [0.2, 0.25) is 0 Å². The molecule has 0 aliphatic heterocycles. The summed E-state index contributed by atoms with van der Waals surface area (Å²) in [5.41, 5.74) is 6.33. The first kappa shape index (κ1) is 13.9. The Balaban J connectivity index is 0.000000249. The van der Waals surface area contributed by atoms with Gasteiger partial charge in [-0.3, -0.25) is 9.11 Å². The number of aromatic nitrogens is 2. The van der Waals surface area contributed by atoms with Crippen LogP contribution in [0.3, 0.4) is 0 Å². The summed E-state index contributed by atoms with van der Waals surface area (Å²) < 4.78 is 32.3. The highest BCUT2D eigenvalue weighted by atomic mass is 35.5. The molecule has 94 valence electrons. The van der Waals surface area contributed by atoms with Crippen molar-refractivity contribution in [3.8, 4) is 10.6 Å². The van der Waals surface area contributed by atoms with Crippen molar-refractivity contribution in [3.63, 3.8) is 0 Å². The van der Waals surface area contributed by atoms with Gasteiger partial charge in [-0.1, -0.05) is 11.6 Å². The zero-order valence-corrected chi connectivity index (χ0v) is 10.6. The normalized spacial score (nSPS) is 10.8. The van der Waals surface area contributed by atoms with Crippen molar-refractivity contribution in [2.45, 2.75) is 0 Å². The second-order valence-corrected chi connectivity index (χ2v) is 5.34. The van der Waals surface area contributed by atoms with Crippen LogP contribution in [-0.2, 0) is 10.4 Å². The number of rotatable bonds is 1. The van der Waals surface area contributed by atoms with E-state index in [0.717, 1.165) is 14.9 Å². The van der Waals surface area contributed by atoms with Crippen LogP contribution in [-0.4, -0.2) is 27.5 Å². The number of nitrogens with zero attached hydrogens (tertiary/aromatic N) is 1. The molecule has 0 spiro atoms. The highest BCUT2D eigenvalue weighted by Crippen LogP contribution is 2.29. The summed E-state index contributed by atoms with van der Waals surface area (Å²) in [5.74, 6) is 0.425. The van der Waals surface area contributed by atoms with E-state index in [4.69, 9.17) is 34.9 Å². The van der Waals surface area contributed by atoms with Crippen LogP contribution in [0.2, 0.25) is 4.34 Å². The molecular formula is C7H8ClN3O4S2. The van der Waals surface area contributed by atoms with Crippen LogP contribution in [0.1, 0.15) is 0 Å². The van der Waals surface area contributed by atoms with Crippen LogP contribution in [0, 0.1) is 0 Å². The number of imidazole rings is 1. The zero-order valence-electron chi connectivity index (χ0n) is 8.16. The van der Waals surface area contributed by atoms with Gasteiger partial charge in [-0.2, -0.15) is 8.42 Å². The van der Waals surface area contributed by atoms with Gasteiger partial charge < -0.3 is 10.7 Å². The van der Waals surface area contributed by atoms with Crippen molar-refractivity contribution >= 4 is 39.3 Å². The summed E-state index contributed by atoms with van der Waals surface area (Å²) in [6.45, 7) is 0. The number of nitrogen functional groups attached to an aromatic ring is 1. The van der Waals surface area contributed by atoms with Crippen LogP contribution >= 0.6 is 22.9 Å². The standard InChI is InChI=1S/C7H6ClN3S.H2O4S/c8-6-2-1-5(12-6)4-3-10-7(9)11-4;1-5(2,3)4/h1-3H,(H3,9,10,11);(H2,1,2,3,4). The summed E-state index contributed by atoms with van der Waals surface area (Å²) in [5, 5.41) is 0. The summed E-state index contributed by atoms with van der Waals surface area (Å²) in [7, 11) is -4.67. The molecule has 0 atom stereocenters. The number of hydrogen-bond acceptors (Lipinski definition) is 5. The quantitative estimate of drug-likeness (QED) is 0.593. The maximum atomic E-state index is 8.74. The minimum absolute atomic E-state index is 0.425. The van der Waals surface area contributed by atoms with Gasteiger partial charge in [-0.25, -0.2) is 4.98 Å². The minimum Gasteiger partial charge on any atom is -0.369 e. The molecule has 0 aliphatic rings. The first-order valence-corrected chi connectivity index (χ1v) is 6.61. The summed E-state index contributed by atoms with van der Waals surface area (Å²) in [4.78, 5) is 7.86. The van der Waals surface area contributed by atoms with Crippen LogP contribution in [0.25, 0.3) is 10.6 Å². The molecule has 17 heavy (non-hydrogen) atoms. The van der Waals surface area contributed by atoms with Crippen LogP contribution in [0.15, 0.2) is 18.3 Å². The molecule has 2 aromatic rings. The van der Waals surface area contributed by atoms with Crippen molar-refractivity contribution in [1.29, 1.82) is 0 Å². The maximum Gasteiger partial charge on any atom is 0.394 e. The number of hydrogen-bond donors (Lipinski definition) is 4. The topological polar surface area (TPSA) is 129 Å². The Hall–Kier alpha value is -1.13. The van der Waals surface area contributed by atoms with Gasteiger partial charge in [-0.05, 0) is 12.1 Å². The second-order valence-electron chi connectivity index (χ2n) is 2.73. The van der Waals surface area contributed by atoms with Gasteiger partial charge in [0.1, 0.15) is 0 Å². The fraction of sp³-hybridized carbons (Fsp3) is 0. The molecule has 0 radical (unpaired) electrons. The third-order valence-electron chi connectivity index (χ3n) is 1.43. The molecule has 7 nitrogen and oxygen atoms in total. The van der Waals surface area contributed by atoms with E-state index in [1.807, 2.05) is 12.1 Å². The third-order valence-corrected chi connectivity index (χ3v) is 2.70.